The van der Waals surface area contributed by atoms with Crippen molar-refractivity contribution in [3.05, 3.63) is 73.2 Å². The second-order valence-corrected chi connectivity index (χ2v) is 11.2. The van der Waals surface area contributed by atoms with Gasteiger partial charge in [0.25, 0.3) is 0 Å². The van der Waals surface area contributed by atoms with Gasteiger partial charge in [-0.3, -0.25) is 0 Å². The largest absolute Gasteiger partial charge is 0.477 e. The molecular formula is C26H19Br2N3O5S. The van der Waals surface area contributed by atoms with Crippen LogP contribution in [0.4, 0.5) is 5.69 Å². The Morgan fingerprint density at radius 3 is 2.59 bits per heavy atom. The van der Waals surface area contributed by atoms with Crippen LogP contribution < -0.4 is 9.64 Å². The molecule has 11 heteroatoms. The Labute approximate surface area is 233 Å². The monoisotopic (exact) mass is 643 g/mol. The third-order valence-electron chi connectivity index (χ3n) is 5.92. The summed E-state index contributed by atoms with van der Waals surface area (Å²) in [7, 11) is 0. The number of carboxylic acid groups (broad SMARTS) is 1. The van der Waals surface area contributed by atoms with Gasteiger partial charge in [-0.25, -0.2) is 9.78 Å². The maximum Gasteiger partial charge on any atom is 0.346 e. The molecule has 1 aliphatic heterocycles. The summed E-state index contributed by atoms with van der Waals surface area (Å²) < 4.78 is 18.0. The minimum atomic E-state index is -1.06. The summed E-state index contributed by atoms with van der Waals surface area (Å²) in [6, 6.07) is 13.8. The van der Waals surface area contributed by atoms with Gasteiger partial charge in [-0.2, -0.15) is 5.26 Å². The first-order valence-electron chi connectivity index (χ1n) is 11.2. The van der Waals surface area contributed by atoms with Crippen LogP contribution in [0.1, 0.15) is 20.8 Å². The highest BCUT2D eigenvalue weighted by Crippen LogP contribution is 2.39. The van der Waals surface area contributed by atoms with E-state index in [1.165, 1.54) is 6.26 Å². The van der Waals surface area contributed by atoms with E-state index in [2.05, 4.69) is 47.8 Å². The number of aromatic nitrogens is 1. The maximum atomic E-state index is 11.7. The zero-order valence-electron chi connectivity index (χ0n) is 19.2. The van der Waals surface area contributed by atoms with Crippen molar-refractivity contribution in [3.63, 3.8) is 0 Å². The Kier molecular flexibility index (Phi) is 7.62. The number of carboxylic acids is 1. The topological polar surface area (TPSA) is 109 Å². The Balaban J connectivity index is 1.53. The predicted molar refractivity (Wildman–Crippen MR) is 146 cm³/mol. The second-order valence-electron chi connectivity index (χ2n) is 8.10. The summed E-state index contributed by atoms with van der Waals surface area (Å²) in [4.78, 5) is 18.8. The molecular weight excluding hydrogens is 626 g/mol. The number of benzene rings is 1. The molecule has 0 radical (unpaired) electrons. The van der Waals surface area contributed by atoms with Gasteiger partial charge >= 0.3 is 5.97 Å². The van der Waals surface area contributed by atoms with Crippen LogP contribution in [0.2, 0.25) is 0 Å². The molecule has 3 aromatic heterocycles. The molecule has 188 valence electrons. The molecule has 5 rings (SSSR count). The zero-order valence-corrected chi connectivity index (χ0v) is 23.2. The molecule has 1 N–H and O–H groups in total. The lowest BCUT2D eigenvalue weighted by Gasteiger charge is -2.28. The number of halogens is 2. The Morgan fingerprint density at radius 2 is 1.95 bits per heavy atom. The van der Waals surface area contributed by atoms with Crippen molar-refractivity contribution in [3.8, 4) is 34.3 Å². The molecule has 1 aromatic carbocycles. The number of hydrogen-bond donors (Lipinski definition) is 1. The van der Waals surface area contributed by atoms with Gasteiger partial charge in [0.05, 0.1) is 39.7 Å². The fourth-order valence-electron chi connectivity index (χ4n) is 4.05. The molecule has 4 aromatic rings. The summed E-state index contributed by atoms with van der Waals surface area (Å²) in [5.74, 6) is -0.948. The molecule has 0 aliphatic carbocycles. The van der Waals surface area contributed by atoms with Crippen molar-refractivity contribution in [2.24, 2.45) is 0 Å². The van der Waals surface area contributed by atoms with E-state index in [1.807, 2.05) is 30.3 Å². The van der Waals surface area contributed by atoms with Crippen LogP contribution in [-0.4, -0.2) is 42.4 Å². The Hall–Kier alpha value is -3.17. The van der Waals surface area contributed by atoms with E-state index in [1.54, 1.807) is 12.3 Å². The lowest BCUT2D eigenvalue weighted by Crippen LogP contribution is -2.36. The molecule has 0 atom stereocenters. The van der Waals surface area contributed by atoms with Crippen molar-refractivity contribution in [1.82, 2.24) is 4.98 Å². The van der Waals surface area contributed by atoms with Crippen LogP contribution in [0, 0.1) is 11.3 Å². The minimum absolute atomic E-state index is 0.0871. The molecule has 0 unspecified atom stereocenters. The van der Waals surface area contributed by atoms with Crippen molar-refractivity contribution >= 4 is 54.9 Å². The molecule has 0 amide bonds. The molecule has 0 saturated carbocycles. The Bertz CT molecular complexity index is 1470. The number of nitriles is 1. The van der Waals surface area contributed by atoms with Gasteiger partial charge in [0.1, 0.15) is 23.1 Å². The summed E-state index contributed by atoms with van der Waals surface area (Å²) in [6.45, 7) is 2.99. The van der Waals surface area contributed by atoms with Gasteiger partial charge < -0.3 is 23.9 Å². The number of carbonyl (C=O) groups is 1. The van der Waals surface area contributed by atoms with E-state index in [0.717, 1.165) is 35.7 Å². The van der Waals surface area contributed by atoms with E-state index in [0.29, 0.717) is 43.9 Å². The quantitative estimate of drug-likeness (QED) is 0.240. The average Bonchev–Trinajstić information content (AvgIpc) is 3.56. The highest BCUT2D eigenvalue weighted by molar-refractivity contribution is 9.13. The SMILES string of the molecule is N#Cc1c(-c2ccoc2)cc(-c2ccc(N3CCOCC3)cc2)nc1OCc1c(C(=O)O)sc(Br)c1Br. The molecule has 8 nitrogen and oxygen atoms in total. The number of nitrogens with zero attached hydrogens (tertiary/aromatic N) is 3. The molecule has 1 saturated heterocycles. The summed E-state index contributed by atoms with van der Waals surface area (Å²) in [5, 5.41) is 19.6. The molecule has 0 bridgehead atoms. The highest BCUT2D eigenvalue weighted by atomic mass is 79.9. The van der Waals surface area contributed by atoms with Crippen LogP contribution in [0.5, 0.6) is 5.88 Å². The first-order valence-corrected chi connectivity index (χ1v) is 13.6. The Morgan fingerprint density at radius 1 is 1.19 bits per heavy atom. The van der Waals surface area contributed by atoms with E-state index >= 15 is 0 Å². The number of rotatable bonds is 7. The van der Waals surface area contributed by atoms with Crippen molar-refractivity contribution < 1.29 is 23.8 Å². The molecule has 37 heavy (non-hydrogen) atoms. The van der Waals surface area contributed by atoms with E-state index in [-0.39, 0.29) is 22.9 Å². The fraction of sp³-hybridized carbons (Fsp3) is 0.192. The van der Waals surface area contributed by atoms with Crippen molar-refractivity contribution in [1.29, 1.82) is 5.26 Å². The van der Waals surface area contributed by atoms with Crippen LogP contribution in [0.3, 0.4) is 0 Å². The average molecular weight is 645 g/mol. The summed E-state index contributed by atoms with van der Waals surface area (Å²) in [5.41, 5.74) is 4.57. The standard InChI is InChI=1S/C26H19Br2N3O5S/c27-22-20(23(26(32)33)37-24(22)28)14-36-25-19(12-29)18(16-5-8-35-13-16)11-21(30-25)15-1-3-17(4-2-15)31-6-9-34-10-7-31/h1-5,8,11,13H,6-7,9-10,14H2,(H,32,33). The normalized spacial score (nSPS) is 13.4. The number of morpholine rings is 1. The van der Waals surface area contributed by atoms with Gasteiger partial charge in [0.2, 0.25) is 5.88 Å². The number of hydrogen-bond acceptors (Lipinski definition) is 8. The van der Waals surface area contributed by atoms with Crippen LogP contribution in [-0.2, 0) is 11.3 Å². The van der Waals surface area contributed by atoms with Gasteiger partial charge in [-0.05, 0) is 56.1 Å². The highest BCUT2D eigenvalue weighted by Gasteiger charge is 2.23. The van der Waals surface area contributed by atoms with Gasteiger partial charge in [-0.1, -0.05) is 12.1 Å². The fourth-order valence-corrected chi connectivity index (χ4v) is 6.22. The molecule has 0 spiro atoms. The first-order chi connectivity index (χ1) is 18.0. The molecule has 4 heterocycles. The maximum absolute atomic E-state index is 11.7. The number of ether oxygens (including phenoxy) is 2. The lowest BCUT2D eigenvalue weighted by atomic mass is 10.0. The minimum Gasteiger partial charge on any atom is -0.477 e. The van der Waals surface area contributed by atoms with Crippen LogP contribution >= 0.6 is 43.2 Å². The summed E-state index contributed by atoms with van der Waals surface area (Å²) >= 11 is 7.88. The van der Waals surface area contributed by atoms with E-state index in [4.69, 9.17) is 13.9 Å². The van der Waals surface area contributed by atoms with Crippen LogP contribution in [0.15, 0.2) is 61.6 Å². The number of pyridine rings is 1. The number of thiophene rings is 1. The van der Waals surface area contributed by atoms with Gasteiger partial charge in [0, 0.05) is 41.0 Å². The van der Waals surface area contributed by atoms with E-state index in [9.17, 15) is 15.2 Å². The van der Waals surface area contributed by atoms with E-state index < -0.39 is 5.97 Å². The predicted octanol–water partition coefficient (Wildman–Crippen LogP) is 6.58. The van der Waals surface area contributed by atoms with Gasteiger partial charge in [0.15, 0.2) is 0 Å². The summed E-state index contributed by atoms with van der Waals surface area (Å²) in [6.07, 6.45) is 3.09. The van der Waals surface area contributed by atoms with Crippen LogP contribution in [0.25, 0.3) is 22.4 Å². The molecule has 1 aliphatic rings. The number of anilines is 1. The van der Waals surface area contributed by atoms with Crippen molar-refractivity contribution in [2.45, 2.75) is 6.61 Å². The smallest absolute Gasteiger partial charge is 0.346 e. The third kappa shape index (κ3) is 5.29. The van der Waals surface area contributed by atoms with Gasteiger partial charge in [-0.15, -0.1) is 11.3 Å². The third-order valence-corrected chi connectivity index (χ3v) is 9.48. The second kappa shape index (κ2) is 11.1. The lowest BCUT2D eigenvalue weighted by molar-refractivity contribution is 0.0699. The number of furan rings is 1. The number of aromatic carboxylic acids is 1. The zero-order chi connectivity index (χ0) is 25.9. The van der Waals surface area contributed by atoms with Crippen molar-refractivity contribution in [2.75, 3.05) is 31.2 Å². The molecule has 1 fully saturated rings. The first kappa shape index (κ1) is 25.5.